The van der Waals surface area contributed by atoms with Gasteiger partial charge in [0.15, 0.2) is 0 Å². The van der Waals surface area contributed by atoms with Gasteiger partial charge in [-0.25, -0.2) is 0 Å². The van der Waals surface area contributed by atoms with Crippen LogP contribution in [0, 0.1) is 11.8 Å². The van der Waals surface area contributed by atoms with Crippen molar-refractivity contribution in [2.45, 2.75) is 59.3 Å². The van der Waals surface area contributed by atoms with E-state index in [4.69, 9.17) is 0 Å². The van der Waals surface area contributed by atoms with E-state index in [1.54, 1.807) is 6.92 Å². The highest BCUT2D eigenvalue weighted by atomic mass is 16.2. The summed E-state index contributed by atoms with van der Waals surface area (Å²) in [5.74, 6) is 2.03. The standard InChI is InChI=1S/C14H27NO/c1-4-6-13(5-2)11-14-7-9-15(10-8-14)12(3)16/h13-14H,4-11H2,1-3H3. The Bertz CT molecular complexity index is 207. The molecule has 2 nitrogen and oxygen atoms in total. The molecule has 1 amide bonds. The number of nitrogens with zero attached hydrogens (tertiary/aromatic N) is 1. The summed E-state index contributed by atoms with van der Waals surface area (Å²) < 4.78 is 0. The predicted molar refractivity (Wildman–Crippen MR) is 68.3 cm³/mol. The molecular weight excluding hydrogens is 198 g/mol. The molecule has 1 saturated heterocycles. The van der Waals surface area contributed by atoms with Crippen molar-refractivity contribution in [3.63, 3.8) is 0 Å². The Morgan fingerprint density at radius 3 is 2.38 bits per heavy atom. The Kier molecular flexibility index (Phi) is 5.86. The van der Waals surface area contributed by atoms with Crippen LogP contribution in [0.15, 0.2) is 0 Å². The smallest absolute Gasteiger partial charge is 0.219 e. The molecule has 1 aliphatic heterocycles. The van der Waals surface area contributed by atoms with Crippen LogP contribution in [0.2, 0.25) is 0 Å². The molecule has 1 fully saturated rings. The second-order valence-corrected chi connectivity index (χ2v) is 5.25. The van der Waals surface area contributed by atoms with Crippen LogP contribution < -0.4 is 0 Å². The highest BCUT2D eigenvalue weighted by molar-refractivity contribution is 5.73. The highest BCUT2D eigenvalue weighted by Crippen LogP contribution is 2.28. The Labute approximate surface area is 100 Å². The maximum atomic E-state index is 11.2. The van der Waals surface area contributed by atoms with Crippen LogP contribution in [0.1, 0.15) is 59.3 Å². The summed E-state index contributed by atoms with van der Waals surface area (Å²) in [5.41, 5.74) is 0. The normalized spacial score (nSPS) is 19.8. The third-order valence-corrected chi connectivity index (χ3v) is 4.00. The van der Waals surface area contributed by atoms with Gasteiger partial charge in [0.1, 0.15) is 0 Å². The molecular formula is C14H27NO. The Balaban J connectivity index is 2.28. The summed E-state index contributed by atoms with van der Waals surface area (Å²) in [5, 5.41) is 0. The minimum absolute atomic E-state index is 0.249. The van der Waals surface area contributed by atoms with E-state index in [1.165, 1.54) is 38.5 Å². The molecule has 0 aliphatic carbocycles. The summed E-state index contributed by atoms with van der Waals surface area (Å²) in [6, 6.07) is 0. The molecule has 0 aromatic carbocycles. The first-order chi connectivity index (χ1) is 7.67. The fourth-order valence-corrected chi connectivity index (χ4v) is 2.85. The van der Waals surface area contributed by atoms with Gasteiger partial charge in [-0.05, 0) is 31.1 Å². The molecule has 0 saturated carbocycles. The Morgan fingerprint density at radius 1 is 1.31 bits per heavy atom. The minimum Gasteiger partial charge on any atom is -0.343 e. The first kappa shape index (κ1) is 13.5. The van der Waals surface area contributed by atoms with E-state index in [0.717, 1.165) is 24.9 Å². The third-order valence-electron chi connectivity index (χ3n) is 4.00. The van der Waals surface area contributed by atoms with Gasteiger partial charge in [0.25, 0.3) is 0 Å². The van der Waals surface area contributed by atoms with Gasteiger partial charge in [-0.3, -0.25) is 4.79 Å². The van der Waals surface area contributed by atoms with E-state index < -0.39 is 0 Å². The molecule has 1 rings (SSSR count). The summed E-state index contributed by atoms with van der Waals surface area (Å²) in [6.45, 7) is 8.25. The van der Waals surface area contributed by atoms with Crippen molar-refractivity contribution in [3.8, 4) is 0 Å². The van der Waals surface area contributed by atoms with Gasteiger partial charge in [0, 0.05) is 20.0 Å². The van der Waals surface area contributed by atoms with Crippen LogP contribution in [0.5, 0.6) is 0 Å². The van der Waals surface area contributed by atoms with Crippen LogP contribution in [-0.4, -0.2) is 23.9 Å². The molecule has 94 valence electrons. The number of likely N-dealkylation sites (tertiary alicyclic amines) is 1. The van der Waals surface area contributed by atoms with Gasteiger partial charge in [-0.15, -0.1) is 0 Å². The van der Waals surface area contributed by atoms with Crippen molar-refractivity contribution in [1.82, 2.24) is 4.90 Å². The van der Waals surface area contributed by atoms with Crippen LogP contribution >= 0.6 is 0 Å². The maximum absolute atomic E-state index is 11.2. The van der Waals surface area contributed by atoms with E-state index >= 15 is 0 Å². The molecule has 0 N–H and O–H groups in total. The molecule has 0 spiro atoms. The summed E-state index contributed by atoms with van der Waals surface area (Å²) in [6.07, 6.45) is 7.84. The zero-order valence-corrected chi connectivity index (χ0v) is 11.2. The number of hydrogen-bond acceptors (Lipinski definition) is 1. The quantitative estimate of drug-likeness (QED) is 0.701. The van der Waals surface area contributed by atoms with Crippen LogP contribution in [0.3, 0.4) is 0 Å². The molecule has 16 heavy (non-hydrogen) atoms. The number of piperidine rings is 1. The third kappa shape index (κ3) is 4.15. The lowest BCUT2D eigenvalue weighted by Gasteiger charge is -2.33. The van der Waals surface area contributed by atoms with Crippen LogP contribution in [0.25, 0.3) is 0 Å². The molecule has 1 heterocycles. The molecule has 0 bridgehead atoms. The van der Waals surface area contributed by atoms with Gasteiger partial charge in [-0.1, -0.05) is 33.1 Å². The molecule has 2 heteroatoms. The maximum Gasteiger partial charge on any atom is 0.219 e. The van der Waals surface area contributed by atoms with Crippen molar-refractivity contribution in [2.75, 3.05) is 13.1 Å². The zero-order chi connectivity index (χ0) is 12.0. The molecule has 1 atom stereocenters. The minimum atomic E-state index is 0.249. The highest BCUT2D eigenvalue weighted by Gasteiger charge is 2.22. The number of rotatable bonds is 5. The van der Waals surface area contributed by atoms with Gasteiger partial charge in [0.2, 0.25) is 5.91 Å². The van der Waals surface area contributed by atoms with Gasteiger partial charge in [-0.2, -0.15) is 0 Å². The van der Waals surface area contributed by atoms with E-state index in [0.29, 0.717) is 0 Å². The first-order valence-corrected chi connectivity index (χ1v) is 6.92. The largest absolute Gasteiger partial charge is 0.343 e. The SMILES string of the molecule is CCCC(CC)CC1CCN(C(C)=O)CC1. The molecule has 0 aromatic rings. The topological polar surface area (TPSA) is 20.3 Å². The fraction of sp³-hybridized carbons (Fsp3) is 0.929. The molecule has 0 aromatic heterocycles. The fourth-order valence-electron chi connectivity index (χ4n) is 2.85. The van der Waals surface area contributed by atoms with E-state index in [2.05, 4.69) is 13.8 Å². The van der Waals surface area contributed by atoms with E-state index in [-0.39, 0.29) is 5.91 Å². The van der Waals surface area contributed by atoms with Crippen molar-refractivity contribution in [1.29, 1.82) is 0 Å². The lowest BCUT2D eigenvalue weighted by Crippen LogP contribution is -2.37. The Hall–Kier alpha value is -0.530. The predicted octanol–water partition coefficient (Wildman–Crippen LogP) is 3.46. The first-order valence-electron chi connectivity index (χ1n) is 6.92. The van der Waals surface area contributed by atoms with Crippen molar-refractivity contribution < 1.29 is 4.79 Å². The summed E-state index contributed by atoms with van der Waals surface area (Å²) in [4.78, 5) is 13.2. The van der Waals surface area contributed by atoms with E-state index in [1.807, 2.05) is 4.90 Å². The molecule has 1 unspecified atom stereocenters. The summed E-state index contributed by atoms with van der Waals surface area (Å²) >= 11 is 0. The molecule has 0 radical (unpaired) electrons. The van der Waals surface area contributed by atoms with Crippen LogP contribution in [-0.2, 0) is 4.79 Å². The lowest BCUT2D eigenvalue weighted by atomic mass is 9.84. The van der Waals surface area contributed by atoms with E-state index in [9.17, 15) is 4.79 Å². The van der Waals surface area contributed by atoms with Gasteiger partial charge < -0.3 is 4.90 Å². The van der Waals surface area contributed by atoms with Gasteiger partial charge in [0.05, 0.1) is 0 Å². The average Bonchev–Trinajstić information content (AvgIpc) is 2.29. The summed E-state index contributed by atoms with van der Waals surface area (Å²) in [7, 11) is 0. The van der Waals surface area contributed by atoms with Crippen LogP contribution in [0.4, 0.5) is 0 Å². The van der Waals surface area contributed by atoms with Crippen molar-refractivity contribution in [2.24, 2.45) is 11.8 Å². The van der Waals surface area contributed by atoms with Gasteiger partial charge >= 0.3 is 0 Å². The average molecular weight is 225 g/mol. The number of carbonyl (C=O) groups excluding carboxylic acids is 1. The Morgan fingerprint density at radius 2 is 1.94 bits per heavy atom. The lowest BCUT2D eigenvalue weighted by molar-refractivity contribution is -0.130. The number of hydrogen-bond donors (Lipinski definition) is 0. The van der Waals surface area contributed by atoms with Crippen molar-refractivity contribution >= 4 is 5.91 Å². The second kappa shape index (κ2) is 6.93. The zero-order valence-electron chi connectivity index (χ0n) is 11.2. The second-order valence-electron chi connectivity index (χ2n) is 5.25. The number of carbonyl (C=O) groups is 1. The monoisotopic (exact) mass is 225 g/mol. The number of amides is 1. The molecule has 1 aliphatic rings. The van der Waals surface area contributed by atoms with Crippen molar-refractivity contribution in [3.05, 3.63) is 0 Å².